The minimum atomic E-state index is -0.158. The van der Waals surface area contributed by atoms with Crippen LogP contribution >= 0.6 is 0 Å². The van der Waals surface area contributed by atoms with Crippen molar-refractivity contribution in [3.05, 3.63) is 53.3 Å². The zero-order valence-corrected chi connectivity index (χ0v) is 13.9. The van der Waals surface area contributed by atoms with Gasteiger partial charge in [0.2, 0.25) is 0 Å². The monoisotopic (exact) mass is 323 g/mol. The Morgan fingerprint density at radius 2 is 2.17 bits per heavy atom. The molecular formula is C18H21N5O. The molecule has 0 atom stereocenters. The SMILES string of the molecule is Cc1cccc(CN2CCCN(C(=O)n3cc(C#N)cn3)CC2)c1. The molecule has 6 nitrogen and oxygen atoms in total. The standard InChI is InChI=1S/C18H21N5O/c1-15-4-2-5-16(10-15)13-21-6-3-7-22(9-8-21)18(24)23-14-17(11-19)12-20-23/h2,4-5,10,12,14H,3,6-9,13H2,1H3. The highest BCUT2D eigenvalue weighted by molar-refractivity contribution is 5.76. The summed E-state index contributed by atoms with van der Waals surface area (Å²) in [4.78, 5) is 16.7. The van der Waals surface area contributed by atoms with E-state index in [1.807, 2.05) is 11.0 Å². The maximum Gasteiger partial charge on any atom is 0.344 e. The van der Waals surface area contributed by atoms with Crippen LogP contribution in [0.3, 0.4) is 0 Å². The first-order valence-corrected chi connectivity index (χ1v) is 8.17. The number of aromatic nitrogens is 2. The topological polar surface area (TPSA) is 65.2 Å². The van der Waals surface area contributed by atoms with Crippen LogP contribution in [0.5, 0.6) is 0 Å². The van der Waals surface area contributed by atoms with Crippen LogP contribution < -0.4 is 0 Å². The molecule has 0 aliphatic carbocycles. The number of nitriles is 1. The molecule has 1 aromatic heterocycles. The van der Waals surface area contributed by atoms with Gasteiger partial charge in [0.15, 0.2) is 0 Å². The molecule has 0 N–H and O–H groups in total. The zero-order valence-electron chi connectivity index (χ0n) is 13.9. The highest BCUT2D eigenvalue weighted by Crippen LogP contribution is 2.11. The molecule has 0 radical (unpaired) electrons. The summed E-state index contributed by atoms with van der Waals surface area (Å²) in [6, 6.07) is 10.4. The van der Waals surface area contributed by atoms with E-state index in [-0.39, 0.29) is 6.03 Å². The van der Waals surface area contributed by atoms with Gasteiger partial charge in [0.1, 0.15) is 6.07 Å². The van der Waals surface area contributed by atoms with E-state index in [1.54, 1.807) is 0 Å². The first kappa shape index (κ1) is 16.2. The number of carbonyl (C=O) groups excluding carboxylic acids is 1. The van der Waals surface area contributed by atoms with Crippen LogP contribution in [0.1, 0.15) is 23.1 Å². The molecule has 6 heteroatoms. The highest BCUT2D eigenvalue weighted by atomic mass is 16.2. The highest BCUT2D eigenvalue weighted by Gasteiger charge is 2.21. The van der Waals surface area contributed by atoms with Crippen LogP contribution in [0.4, 0.5) is 4.79 Å². The fourth-order valence-corrected chi connectivity index (χ4v) is 3.02. The molecule has 0 spiro atoms. The molecule has 1 saturated heterocycles. The van der Waals surface area contributed by atoms with Gasteiger partial charge in [0.25, 0.3) is 0 Å². The maximum atomic E-state index is 12.5. The van der Waals surface area contributed by atoms with Gasteiger partial charge in [0.05, 0.1) is 18.0 Å². The number of aryl methyl sites for hydroxylation is 1. The third-order valence-electron chi connectivity index (χ3n) is 4.26. The van der Waals surface area contributed by atoms with E-state index in [9.17, 15) is 4.79 Å². The summed E-state index contributed by atoms with van der Waals surface area (Å²) in [6.45, 7) is 6.21. The van der Waals surface area contributed by atoms with Gasteiger partial charge in [0, 0.05) is 32.7 Å². The van der Waals surface area contributed by atoms with Crippen LogP contribution in [-0.4, -0.2) is 51.8 Å². The van der Waals surface area contributed by atoms with Crippen LogP contribution in [0, 0.1) is 18.3 Å². The van der Waals surface area contributed by atoms with Crippen LogP contribution in [0.2, 0.25) is 0 Å². The van der Waals surface area contributed by atoms with Gasteiger partial charge in [-0.1, -0.05) is 29.8 Å². The number of carbonyl (C=O) groups is 1. The fourth-order valence-electron chi connectivity index (χ4n) is 3.02. The van der Waals surface area contributed by atoms with Crippen molar-refractivity contribution in [3.8, 4) is 6.07 Å². The number of rotatable bonds is 2. The van der Waals surface area contributed by atoms with Gasteiger partial charge in [-0.3, -0.25) is 4.90 Å². The lowest BCUT2D eigenvalue weighted by Crippen LogP contribution is -2.38. The minimum absolute atomic E-state index is 0.158. The van der Waals surface area contributed by atoms with Gasteiger partial charge >= 0.3 is 6.03 Å². The molecule has 1 aromatic carbocycles. The normalized spacial score (nSPS) is 15.8. The van der Waals surface area contributed by atoms with E-state index in [0.29, 0.717) is 18.7 Å². The Bertz CT molecular complexity index is 761. The van der Waals surface area contributed by atoms with Crippen LogP contribution in [0.25, 0.3) is 0 Å². The number of nitrogens with zero attached hydrogens (tertiary/aromatic N) is 5. The molecular weight excluding hydrogens is 302 g/mol. The van der Waals surface area contributed by atoms with Crippen molar-refractivity contribution in [2.45, 2.75) is 19.9 Å². The lowest BCUT2D eigenvalue weighted by molar-refractivity contribution is 0.196. The Kier molecular flexibility index (Phi) is 4.92. The lowest BCUT2D eigenvalue weighted by atomic mass is 10.1. The fraction of sp³-hybridized carbons (Fsp3) is 0.389. The summed E-state index contributed by atoms with van der Waals surface area (Å²) in [6.07, 6.45) is 3.83. The molecule has 1 amide bonds. The maximum absolute atomic E-state index is 12.5. The summed E-state index contributed by atoms with van der Waals surface area (Å²) < 4.78 is 1.26. The van der Waals surface area contributed by atoms with E-state index in [4.69, 9.17) is 5.26 Å². The van der Waals surface area contributed by atoms with E-state index in [0.717, 1.165) is 26.1 Å². The molecule has 124 valence electrons. The minimum Gasteiger partial charge on any atom is -0.322 e. The molecule has 2 heterocycles. The number of hydrogen-bond donors (Lipinski definition) is 0. The molecule has 1 aliphatic rings. The van der Waals surface area contributed by atoms with Gasteiger partial charge < -0.3 is 4.90 Å². The van der Waals surface area contributed by atoms with Gasteiger partial charge in [-0.2, -0.15) is 15.0 Å². The van der Waals surface area contributed by atoms with E-state index in [2.05, 4.69) is 41.2 Å². The lowest BCUT2D eigenvalue weighted by Gasteiger charge is -2.21. The summed E-state index contributed by atoms with van der Waals surface area (Å²) in [5, 5.41) is 12.8. The molecule has 0 saturated carbocycles. The second-order valence-corrected chi connectivity index (χ2v) is 6.17. The Labute approximate surface area is 141 Å². The summed E-state index contributed by atoms with van der Waals surface area (Å²) in [7, 11) is 0. The first-order chi connectivity index (χ1) is 11.7. The average Bonchev–Trinajstić information content (AvgIpc) is 2.94. The quantitative estimate of drug-likeness (QED) is 0.850. The molecule has 0 bridgehead atoms. The third kappa shape index (κ3) is 3.81. The summed E-state index contributed by atoms with van der Waals surface area (Å²) >= 11 is 0. The van der Waals surface area contributed by atoms with Crippen molar-refractivity contribution in [3.63, 3.8) is 0 Å². The largest absolute Gasteiger partial charge is 0.344 e. The number of hydrogen-bond acceptors (Lipinski definition) is 4. The molecule has 24 heavy (non-hydrogen) atoms. The van der Waals surface area contributed by atoms with Crippen molar-refractivity contribution in [2.75, 3.05) is 26.2 Å². The van der Waals surface area contributed by atoms with E-state index >= 15 is 0 Å². The third-order valence-corrected chi connectivity index (χ3v) is 4.26. The second kappa shape index (κ2) is 7.28. The predicted octanol–water partition coefficient (Wildman–Crippen LogP) is 2.24. The molecule has 3 rings (SSSR count). The van der Waals surface area contributed by atoms with Crippen molar-refractivity contribution in [2.24, 2.45) is 0 Å². The summed E-state index contributed by atoms with van der Waals surface area (Å²) in [5.41, 5.74) is 2.98. The Morgan fingerprint density at radius 3 is 2.92 bits per heavy atom. The Balaban J connectivity index is 1.60. The average molecular weight is 323 g/mol. The van der Waals surface area contributed by atoms with Gasteiger partial charge in [-0.15, -0.1) is 0 Å². The number of amides is 1. The van der Waals surface area contributed by atoms with Gasteiger partial charge in [-0.25, -0.2) is 4.79 Å². The Morgan fingerprint density at radius 1 is 1.29 bits per heavy atom. The van der Waals surface area contributed by atoms with Crippen molar-refractivity contribution in [1.82, 2.24) is 19.6 Å². The molecule has 1 aliphatic heterocycles. The Hall–Kier alpha value is -2.65. The number of benzene rings is 1. The van der Waals surface area contributed by atoms with Crippen molar-refractivity contribution in [1.29, 1.82) is 5.26 Å². The van der Waals surface area contributed by atoms with Gasteiger partial charge in [-0.05, 0) is 18.9 Å². The first-order valence-electron chi connectivity index (χ1n) is 8.17. The molecule has 0 unspecified atom stereocenters. The van der Waals surface area contributed by atoms with Crippen molar-refractivity contribution < 1.29 is 4.79 Å². The van der Waals surface area contributed by atoms with Crippen molar-refractivity contribution >= 4 is 6.03 Å². The zero-order chi connectivity index (χ0) is 16.9. The van der Waals surface area contributed by atoms with Crippen LogP contribution in [0.15, 0.2) is 36.7 Å². The van der Waals surface area contributed by atoms with E-state index in [1.165, 1.54) is 28.2 Å². The van der Waals surface area contributed by atoms with Crippen LogP contribution in [-0.2, 0) is 6.54 Å². The second-order valence-electron chi connectivity index (χ2n) is 6.17. The van der Waals surface area contributed by atoms with E-state index < -0.39 is 0 Å². The smallest absolute Gasteiger partial charge is 0.322 e. The predicted molar refractivity (Wildman–Crippen MR) is 90.4 cm³/mol. The summed E-state index contributed by atoms with van der Waals surface area (Å²) in [5.74, 6) is 0. The molecule has 2 aromatic rings. The molecule has 1 fully saturated rings.